The summed E-state index contributed by atoms with van der Waals surface area (Å²) in [6, 6.07) is 3.68. The Balaban J connectivity index is 1.47. The summed E-state index contributed by atoms with van der Waals surface area (Å²) < 4.78 is 85.9. The van der Waals surface area contributed by atoms with Crippen LogP contribution in [0.15, 0.2) is 22.6 Å². The molecule has 5 rings (SSSR count). The van der Waals surface area contributed by atoms with E-state index in [0.29, 0.717) is 15.6 Å². The maximum atomic E-state index is 13.4. The average Bonchev–Trinajstić information content (AvgIpc) is 3.35. The van der Waals surface area contributed by atoms with Gasteiger partial charge in [0.25, 0.3) is 31.1 Å². The number of pyridine rings is 1. The molecule has 0 saturated heterocycles. The molecule has 4 aromatic heterocycles. The van der Waals surface area contributed by atoms with Crippen molar-refractivity contribution in [2.45, 2.75) is 44.6 Å². The monoisotopic (exact) mass is 591 g/mol. The molecule has 2 amide bonds. The number of hydrogen-bond acceptors (Lipinski definition) is 6. The van der Waals surface area contributed by atoms with Crippen molar-refractivity contribution >= 4 is 50.7 Å². The summed E-state index contributed by atoms with van der Waals surface area (Å²) in [6.45, 7) is -0.542. The first kappa shape index (κ1) is 27.0. The van der Waals surface area contributed by atoms with Gasteiger partial charge >= 0.3 is 0 Å². The molecule has 0 unspecified atom stereocenters. The van der Waals surface area contributed by atoms with Crippen molar-refractivity contribution in [2.24, 2.45) is 5.73 Å². The molecule has 0 bridgehead atoms. The van der Waals surface area contributed by atoms with E-state index in [1.165, 1.54) is 18.2 Å². The normalized spacial score (nSPS) is 13.8. The number of fused-ring (bicyclic) bond motifs is 1. The number of hydrogen-bond donors (Lipinski definition) is 2. The van der Waals surface area contributed by atoms with Crippen molar-refractivity contribution in [3.05, 3.63) is 62.3 Å². The van der Waals surface area contributed by atoms with Crippen LogP contribution in [0.2, 0.25) is 5.02 Å². The molecule has 4 heterocycles. The second-order valence-electron chi connectivity index (χ2n) is 8.63. The minimum Gasteiger partial charge on any atom is -0.454 e. The molecule has 4 aromatic rings. The number of anilines is 1. The number of carbonyl (C=O) groups is 2. The van der Waals surface area contributed by atoms with Gasteiger partial charge in [0.2, 0.25) is 0 Å². The second kappa shape index (κ2) is 10.2. The lowest BCUT2D eigenvalue weighted by Crippen LogP contribution is -2.16. The number of thiophene rings is 1. The Kier molecular flexibility index (Phi) is 7.05. The molecule has 8 nitrogen and oxygen atoms in total. The van der Waals surface area contributed by atoms with Crippen molar-refractivity contribution in [1.29, 1.82) is 0 Å². The van der Waals surface area contributed by atoms with Crippen molar-refractivity contribution in [1.82, 2.24) is 14.8 Å². The Hall–Kier alpha value is -3.59. The lowest BCUT2D eigenvalue weighted by Gasteiger charge is -2.09. The van der Waals surface area contributed by atoms with Gasteiger partial charge in [0.05, 0.1) is 17.3 Å². The molecular formula is C23H16ClF6N5O3S. The Morgan fingerprint density at radius 3 is 2.46 bits per heavy atom. The average molecular weight is 592 g/mol. The smallest absolute Gasteiger partial charge is 0.291 e. The van der Waals surface area contributed by atoms with Crippen LogP contribution in [0.3, 0.4) is 0 Å². The van der Waals surface area contributed by atoms with Gasteiger partial charge in [-0.1, -0.05) is 11.6 Å². The topological polar surface area (TPSA) is 116 Å². The third kappa shape index (κ3) is 5.07. The van der Waals surface area contributed by atoms with Gasteiger partial charge in [-0.3, -0.25) is 14.3 Å². The van der Waals surface area contributed by atoms with Gasteiger partial charge in [-0.25, -0.2) is 31.3 Å². The quantitative estimate of drug-likeness (QED) is 0.207. The van der Waals surface area contributed by atoms with Crippen LogP contribution in [-0.4, -0.2) is 26.6 Å². The molecule has 206 valence electrons. The van der Waals surface area contributed by atoms with Crippen LogP contribution in [0.4, 0.5) is 32.0 Å². The third-order valence-electron chi connectivity index (χ3n) is 5.98. The van der Waals surface area contributed by atoms with Gasteiger partial charge in [0, 0.05) is 5.39 Å². The van der Waals surface area contributed by atoms with Gasteiger partial charge in [0.1, 0.15) is 32.5 Å². The van der Waals surface area contributed by atoms with E-state index < -0.39 is 59.7 Å². The highest BCUT2D eigenvalue weighted by molar-refractivity contribution is 7.21. The van der Waals surface area contributed by atoms with E-state index in [2.05, 4.69) is 15.4 Å². The van der Waals surface area contributed by atoms with Crippen molar-refractivity contribution in [3.63, 3.8) is 0 Å². The number of carbonyl (C=O) groups excluding carboxylic acids is 2. The van der Waals surface area contributed by atoms with Gasteiger partial charge in [-0.05, 0) is 42.5 Å². The maximum absolute atomic E-state index is 13.4. The number of primary amides is 1. The summed E-state index contributed by atoms with van der Waals surface area (Å²) in [6.07, 6.45) is -7.80. The molecule has 3 N–H and O–H groups in total. The zero-order chi connectivity index (χ0) is 28.2. The zero-order valence-electron chi connectivity index (χ0n) is 19.4. The van der Waals surface area contributed by atoms with Gasteiger partial charge < -0.3 is 15.5 Å². The maximum Gasteiger partial charge on any atom is 0.291 e. The fraction of sp³-hybridized carbons (Fsp3) is 0.304. The molecule has 0 radical (unpaired) electrons. The van der Waals surface area contributed by atoms with Crippen LogP contribution >= 0.6 is 22.9 Å². The molecule has 0 aromatic carbocycles. The highest BCUT2D eigenvalue weighted by Crippen LogP contribution is 2.48. The van der Waals surface area contributed by atoms with Gasteiger partial charge in [-0.2, -0.15) is 5.10 Å². The zero-order valence-corrected chi connectivity index (χ0v) is 20.9. The summed E-state index contributed by atoms with van der Waals surface area (Å²) in [5.74, 6) is -2.26. The number of amides is 2. The predicted molar refractivity (Wildman–Crippen MR) is 128 cm³/mol. The molecule has 16 heteroatoms. The van der Waals surface area contributed by atoms with Crippen LogP contribution in [0.5, 0.6) is 0 Å². The lowest BCUT2D eigenvalue weighted by molar-refractivity contribution is 0.0994. The second-order valence-corrected chi connectivity index (χ2v) is 10.0. The van der Waals surface area contributed by atoms with Crippen LogP contribution in [0.1, 0.15) is 86.7 Å². The first-order chi connectivity index (χ1) is 18.5. The number of nitrogens with two attached hydrogens (primary N) is 1. The summed E-state index contributed by atoms with van der Waals surface area (Å²) in [5.41, 5.74) is 3.55. The largest absolute Gasteiger partial charge is 0.454 e. The Labute approximate surface area is 223 Å². The van der Waals surface area contributed by atoms with E-state index >= 15 is 0 Å². The van der Waals surface area contributed by atoms with Crippen molar-refractivity contribution < 1.29 is 40.3 Å². The van der Waals surface area contributed by atoms with Crippen molar-refractivity contribution in [2.75, 3.05) is 5.32 Å². The van der Waals surface area contributed by atoms with E-state index in [1.807, 2.05) is 0 Å². The van der Waals surface area contributed by atoms with Crippen LogP contribution in [-0.2, 0) is 6.54 Å². The van der Waals surface area contributed by atoms with E-state index in [1.54, 1.807) is 0 Å². The van der Waals surface area contributed by atoms with E-state index in [-0.39, 0.29) is 32.8 Å². The summed E-state index contributed by atoms with van der Waals surface area (Å²) in [5, 5.41) is 5.41. The minimum atomic E-state index is -3.21. The highest BCUT2D eigenvalue weighted by atomic mass is 35.5. The highest BCUT2D eigenvalue weighted by Gasteiger charge is 2.32. The molecule has 1 saturated carbocycles. The number of halogens is 7. The molecule has 0 aliphatic heterocycles. The Morgan fingerprint density at radius 1 is 1.15 bits per heavy atom. The van der Waals surface area contributed by atoms with Crippen LogP contribution in [0.25, 0.3) is 10.2 Å². The minimum absolute atomic E-state index is 0.0129. The van der Waals surface area contributed by atoms with Crippen molar-refractivity contribution in [3.8, 4) is 0 Å². The van der Waals surface area contributed by atoms with E-state index in [9.17, 15) is 35.9 Å². The molecule has 1 fully saturated rings. The first-order valence-electron chi connectivity index (χ1n) is 11.2. The number of aromatic nitrogens is 3. The Morgan fingerprint density at radius 2 is 1.87 bits per heavy atom. The fourth-order valence-electron chi connectivity index (χ4n) is 4.12. The number of rotatable bonds is 9. The molecule has 1 aliphatic carbocycles. The molecular weight excluding hydrogens is 576 g/mol. The van der Waals surface area contributed by atoms with E-state index in [4.69, 9.17) is 21.8 Å². The molecule has 0 atom stereocenters. The summed E-state index contributed by atoms with van der Waals surface area (Å²) in [7, 11) is 0. The summed E-state index contributed by atoms with van der Waals surface area (Å²) >= 11 is 6.41. The number of nitrogens with one attached hydrogen (secondary N) is 1. The first-order valence-corrected chi connectivity index (χ1v) is 12.4. The molecule has 1 aliphatic rings. The standard InChI is InChI=1S/C23H16ClF6N5O3S/c24-13-15(19(27)28)34-35(16(13)20(29)30)6-8-3-4-11(38-8)22(37)33-14-12-9(7-1-2-7)5-10(18(25)26)32-23(12)39-17(14)21(31)36/h3-5,7,18-20H,1-2,6H2,(H2,31,36)(H,33,37). The number of alkyl halides is 6. The van der Waals surface area contributed by atoms with Crippen LogP contribution < -0.4 is 11.1 Å². The SMILES string of the molecule is NC(=O)c1sc2nc(C(F)F)cc(C3CC3)c2c1NC(=O)c1ccc(Cn2nc(C(F)F)c(Cl)c2C(F)F)o1. The van der Waals surface area contributed by atoms with Gasteiger partial charge in [-0.15, -0.1) is 11.3 Å². The Bertz CT molecular complexity index is 1600. The third-order valence-corrected chi connectivity index (χ3v) is 7.46. The van der Waals surface area contributed by atoms with E-state index in [0.717, 1.165) is 24.2 Å². The van der Waals surface area contributed by atoms with Crippen LogP contribution in [0, 0.1) is 0 Å². The molecule has 0 spiro atoms. The fourth-order valence-corrected chi connectivity index (χ4v) is 5.44. The summed E-state index contributed by atoms with van der Waals surface area (Å²) in [4.78, 5) is 29.1. The number of furan rings is 1. The van der Waals surface area contributed by atoms with Gasteiger partial charge in [0.15, 0.2) is 5.76 Å². The predicted octanol–water partition coefficient (Wildman–Crippen LogP) is 6.83. The lowest BCUT2D eigenvalue weighted by atomic mass is 10.0. The molecule has 39 heavy (non-hydrogen) atoms. The number of nitrogens with zero attached hydrogens (tertiary/aromatic N) is 3.